The van der Waals surface area contributed by atoms with Gasteiger partial charge >= 0.3 is 0 Å². The molecule has 0 bridgehead atoms. The van der Waals surface area contributed by atoms with E-state index in [0.717, 1.165) is 6.54 Å². The first kappa shape index (κ1) is 16.1. The summed E-state index contributed by atoms with van der Waals surface area (Å²) in [5, 5.41) is 4.41. The molecule has 0 saturated carbocycles. The molecule has 112 valence electrons. The van der Waals surface area contributed by atoms with Crippen LogP contribution >= 0.6 is 23.2 Å². The lowest BCUT2D eigenvalue weighted by Gasteiger charge is -2.20. The van der Waals surface area contributed by atoms with E-state index in [4.69, 9.17) is 27.9 Å². The number of halogens is 3. The van der Waals surface area contributed by atoms with Crippen molar-refractivity contribution in [3.63, 3.8) is 0 Å². The minimum absolute atomic E-state index is 0.186. The average molecular weight is 328 g/mol. The molecule has 0 heterocycles. The highest BCUT2D eigenvalue weighted by atomic mass is 35.5. The number of rotatable bonds is 6. The molecule has 0 amide bonds. The lowest BCUT2D eigenvalue weighted by atomic mass is 10.1. The van der Waals surface area contributed by atoms with E-state index in [-0.39, 0.29) is 11.9 Å². The van der Waals surface area contributed by atoms with Crippen LogP contribution in [0.25, 0.3) is 0 Å². The fourth-order valence-electron chi connectivity index (χ4n) is 2.00. The Balaban J connectivity index is 2.11. The first-order valence-electron chi connectivity index (χ1n) is 6.67. The SMILES string of the molecule is CCNC(COc1ccc(Cl)cc1)c1cc(F)ccc1Cl. The molecule has 0 radical (unpaired) electrons. The summed E-state index contributed by atoms with van der Waals surface area (Å²) in [5.41, 5.74) is 0.687. The topological polar surface area (TPSA) is 21.3 Å². The van der Waals surface area contributed by atoms with E-state index in [9.17, 15) is 4.39 Å². The van der Waals surface area contributed by atoms with Crippen LogP contribution in [-0.2, 0) is 0 Å². The molecule has 2 aromatic rings. The largest absolute Gasteiger partial charge is 0.492 e. The van der Waals surface area contributed by atoms with Crippen molar-refractivity contribution in [3.8, 4) is 5.75 Å². The van der Waals surface area contributed by atoms with Crippen LogP contribution in [0.3, 0.4) is 0 Å². The van der Waals surface area contributed by atoms with E-state index in [1.165, 1.54) is 12.1 Å². The maximum absolute atomic E-state index is 13.4. The van der Waals surface area contributed by atoms with Gasteiger partial charge in [-0.25, -0.2) is 4.39 Å². The van der Waals surface area contributed by atoms with Gasteiger partial charge < -0.3 is 10.1 Å². The zero-order valence-corrected chi connectivity index (χ0v) is 13.1. The monoisotopic (exact) mass is 327 g/mol. The quantitative estimate of drug-likeness (QED) is 0.817. The molecule has 2 nitrogen and oxygen atoms in total. The van der Waals surface area contributed by atoms with Crippen molar-refractivity contribution in [2.24, 2.45) is 0 Å². The van der Waals surface area contributed by atoms with Gasteiger partial charge in [-0.05, 0) is 54.6 Å². The number of ether oxygens (including phenoxy) is 1. The molecule has 0 aliphatic heterocycles. The number of likely N-dealkylation sites (N-methyl/N-ethyl adjacent to an activating group) is 1. The Morgan fingerprint density at radius 2 is 1.86 bits per heavy atom. The molecule has 1 N–H and O–H groups in total. The molecular weight excluding hydrogens is 312 g/mol. The summed E-state index contributed by atoms with van der Waals surface area (Å²) in [7, 11) is 0. The first-order chi connectivity index (χ1) is 10.1. The van der Waals surface area contributed by atoms with Gasteiger partial charge in [0.15, 0.2) is 0 Å². The average Bonchev–Trinajstić information content (AvgIpc) is 2.48. The minimum atomic E-state index is -0.316. The van der Waals surface area contributed by atoms with Gasteiger partial charge in [-0.1, -0.05) is 30.1 Å². The Morgan fingerprint density at radius 3 is 2.52 bits per heavy atom. The third-order valence-corrected chi connectivity index (χ3v) is 3.61. The third kappa shape index (κ3) is 4.60. The maximum atomic E-state index is 13.4. The maximum Gasteiger partial charge on any atom is 0.123 e. The summed E-state index contributed by atoms with van der Waals surface area (Å²) in [5.74, 6) is 0.388. The summed E-state index contributed by atoms with van der Waals surface area (Å²) >= 11 is 12.0. The summed E-state index contributed by atoms with van der Waals surface area (Å²) in [6.45, 7) is 3.04. The molecule has 0 fully saturated rings. The third-order valence-electron chi connectivity index (χ3n) is 3.01. The molecular formula is C16H16Cl2FNO. The van der Waals surface area contributed by atoms with Crippen LogP contribution in [0.5, 0.6) is 5.75 Å². The van der Waals surface area contributed by atoms with Crippen LogP contribution in [0.15, 0.2) is 42.5 Å². The zero-order chi connectivity index (χ0) is 15.2. The second kappa shape index (κ2) is 7.64. The summed E-state index contributed by atoms with van der Waals surface area (Å²) < 4.78 is 19.1. The van der Waals surface area contributed by atoms with E-state index >= 15 is 0 Å². The lowest BCUT2D eigenvalue weighted by molar-refractivity contribution is 0.268. The molecule has 1 unspecified atom stereocenters. The van der Waals surface area contributed by atoms with E-state index in [0.29, 0.717) is 28.0 Å². The van der Waals surface area contributed by atoms with Gasteiger partial charge in [0.25, 0.3) is 0 Å². The summed E-state index contributed by atoms with van der Waals surface area (Å²) in [4.78, 5) is 0. The van der Waals surface area contributed by atoms with Gasteiger partial charge in [0.1, 0.15) is 18.2 Å². The summed E-state index contributed by atoms with van der Waals surface area (Å²) in [6, 6.07) is 11.2. The molecule has 0 aliphatic carbocycles. The van der Waals surface area contributed by atoms with Crippen LogP contribution < -0.4 is 10.1 Å². The van der Waals surface area contributed by atoms with Crippen molar-refractivity contribution in [2.45, 2.75) is 13.0 Å². The minimum Gasteiger partial charge on any atom is -0.492 e. The zero-order valence-electron chi connectivity index (χ0n) is 11.6. The number of hydrogen-bond donors (Lipinski definition) is 1. The highest BCUT2D eigenvalue weighted by Gasteiger charge is 2.15. The van der Waals surface area contributed by atoms with Crippen molar-refractivity contribution in [2.75, 3.05) is 13.2 Å². The molecule has 0 aromatic heterocycles. The van der Waals surface area contributed by atoms with E-state index in [1.807, 2.05) is 6.92 Å². The molecule has 0 spiro atoms. The van der Waals surface area contributed by atoms with Crippen LogP contribution in [-0.4, -0.2) is 13.2 Å². The van der Waals surface area contributed by atoms with Gasteiger partial charge in [0.2, 0.25) is 0 Å². The predicted molar refractivity (Wildman–Crippen MR) is 84.8 cm³/mol. The molecule has 21 heavy (non-hydrogen) atoms. The van der Waals surface area contributed by atoms with Gasteiger partial charge in [-0.15, -0.1) is 0 Å². The molecule has 2 rings (SSSR count). The fourth-order valence-corrected chi connectivity index (χ4v) is 2.37. The summed E-state index contributed by atoms with van der Waals surface area (Å²) in [6.07, 6.45) is 0. The second-order valence-corrected chi connectivity index (χ2v) is 5.38. The highest BCUT2D eigenvalue weighted by molar-refractivity contribution is 6.31. The Labute approximate surface area is 133 Å². The number of benzene rings is 2. The molecule has 2 aromatic carbocycles. The van der Waals surface area contributed by atoms with Gasteiger partial charge in [-0.3, -0.25) is 0 Å². The van der Waals surface area contributed by atoms with Crippen LogP contribution in [0, 0.1) is 5.82 Å². The normalized spacial score (nSPS) is 12.2. The first-order valence-corrected chi connectivity index (χ1v) is 7.42. The molecule has 0 saturated heterocycles. The Kier molecular flexibility index (Phi) is 5.85. The lowest BCUT2D eigenvalue weighted by Crippen LogP contribution is -2.27. The Morgan fingerprint density at radius 1 is 1.14 bits per heavy atom. The fraction of sp³-hybridized carbons (Fsp3) is 0.250. The Bertz CT molecular complexity index is 589. The standard InChI is InChI=1S/C16H16Cl2FNO/c1-2-20-16(14-9-12(19)5-8-15(14)18)10-21-13-6-3-11(17)4-7-13/h3-9,16,20H,2,10H2,1H3. The van der Waals surface area contributed by atoms with Crippen molar-refractivity contribution >= 4 is 23.2 Å². The van der Waals surface area contributed by atoms with Gasteiger partial charge in [0.05, 0.1) is 6.04 Å². The van der Waals surface area contributed by atoms with Crippen molar-refractivity contribution in [3.05, 3.63) is 63.9 Å². The van der Waals surface area contributed by atoms with Crippen LogP contribution in [0.4, 0.5) is 4.39 Å². The van der Waals surface area contributed by atoms with Crippen molar-refractivity contribution in [1.29, 1.82) is 0 Å². The van der Waals surface area contributed by atoms with E-state index in [1.54, 1.807) is 30.3 Å². The smallest absolute Gasteiger partial charge is 0.123 e. The van der Waals surface area contributed by atoms with Crippen LogP contribution in [0.1, 0.15) is 18.5 Å². The second-order valence-electron chi connectivity index (χ2n) is 4.54. The van der Waals surface area contributed by atoms with Crippen molar-refractivity contribution in [1.82, 2.24) is 5.32 Å². The number of hydrogen-bond acceptors (Lipinski definition) is 2. The number of nitrogens with one attached hydrogen (secondary N) is 1. The predicted octanol–water partition coefficient (Wildman–Crippen LogP) is 4.86. The molecule has 0 aliphatic rings. The van der Waals surface area contributed by atoms with E-state index < -0.39 is 0 Å². The Hall–Kier alpha value is -1.29. The molecule has 5 heteroatoms. The van der Waals surface area contributed by atoms with Gasteiger partial charge in [0, 0.05) is 10.0 Å². The van der Waals surface area contributed by atoms with Gasteiger partial charge in [-0.2, -0.15) is 0 Å². The van der Waals surface area contributed by atoms with E-state index in [2.05, 4.69) is 5.32 Å². The molecule has 1 atom stereocenters. The van der Waals surface area contributed by atoms with Crippen LogP contribution in [0.2, 0.25) is 10.0 Å². The highest BCUT2D eigenvalue weighted by Crippen LogP contribution is 2.25. The van der Waals surface area contributed by atoms with Crippen molar-refractivity contribution < 1.29 is 9.13 Å².